The smallest absolute Gasteiger partial charge is 0.225 e. The van der Waals surface area contributed by atoms with Crippen LogP contribution < -0.4 is 10.6 Å². The second kappa shape index (κ2) is 4.57. The summed E-state index contributed by atoms with van der Waals surface area (Å²) in [5.74, 6) is 0.807. The van der Waals surface area contributed by atoms with Crippen molar-refractivity contribution in [2.45, 2.75) is 25.7 Å². The van der Waals surface area contributed by atoms with Crippen molar-refractivity contribution >= 4 is 5.95 Å². The molecule has 0 amide bonds. The highest BCUT2D eigenvalue weighted by molar-refractivity contribution is 5.33. The van der Waals surface area contributed by atoms with Crippen LogP contribution in [0.3, 0.4) is 0 Å². The molecule has 0 saturated carbocycles. The van der Waals surface area contributed by atoms with Crippen molar-refractivity contribution in [2.75, 3.05) is 25.0 Å². The third-order valence-corrected chi connectivity index (χ3v) is 2.86. The molecule has 1 aromatic heterocycles. The number of hydrogen-bond acceptors (Lipinski definition) is 4. The van der Waals surface area contributed by atoms with Crippen LogP contribution in [0.5, 0.6) is 0 Å². The molecule has 1 heterocycles. The lowest BCUT2D eigenvalue weighted by Gasteiger charge is -2.19. The van der Waals surface area contributed by atoms with Gasteiger partial charge in [-0.25, -0.2) is 9.97 Å². The standard InChI is InChI=1S/C11H18N4/c1-15(7-6-12)11-13-8-9-4-2-3-5-10(9)14-11/h8H,2-7,12H2,1H3. The van der Waals surface area contributed by atoms with Crippen molar-refractivity contribution in [1.82, 2.24) is 9.97 Å². The van der Waals surface area contributed by atoms with Gasteiger partial charge in [0.1, 0.15) is 0 Å². The maximum Gasteiger partial charge on any atom is 0.225 e. The van der Waals surface area contributed by atoms with Crippen LogP contribution in [-0.4, -0.2) is 30.1 Å². The summed E-state index contributed by atoms with van der Waals surface area (Å²) in [4.78, 5) is 11.0. The van der Waals surface area contributed by atoms with Crippen LogP contribution >= 0.6 is 0 Å². The molecule has 0 aliphatic heterocycles. The lowest BCUT2D eigenvalue weighted by Crippen LogP contribution is -2.27. The van der Waals surface area contributed by atoms with Gasteiger partial charge in [0.2, 0.25) is 5.95 Å². The molecule has 0 saturated heterocycles. The van der Waals surface area contributed by atoms with Crippen LogP contribution in [-0.2, 0) is 12.8 Å². The summed E-state index contributed by atoms with van der Waals surface area (Å²) in [6.07, 6.45) is 6.74. The van der Waals surface area contributed by atoms with E-state index in [1.165, 1.54) is 24.1 Å². The Labute approximate surface area is 90.5 Å². The molecule has 0 unspecified atom stereocenters. The zero-order chi connectivity index (χ0) is 10.7. The van der Waals surface area contributed by atoms with E-state index < -0.39 is 0 Å². The van der Waals surface area contributed by atoms with Crippen molar-refractivity contribution < 1.29 is 0 Å². The van der Waals surface area contributed by atoms with Gasteiger partial charge in [0.15, 0.2) is 0 Å². The van der Waals surface area contributed by atoms with Crippen LogP contribution in [0.2, 0.25) is 0 Å². The number of aromatic nitrogens is 2. The predicted molar refractivity (Wildman–Crippen MR) is 61.0 cm³/mol. The Morgan fingerprint density at radius 2 is 2.20 bits per heavy atom. The number of rotatable bonds is 3. The molecular formula is C11H18N4. The lowest BCUT2D eigenvalue weighted by atomic mass is 9.98. The third kappa shape index (κ3) is 2.26. The van der Waals surface area contributed by atoms with Crippen LogP contribution in [0, 0.1) is 0 Å². The maximum atomic E-state index is 5.51. The molecule has 2 N–H and O–H groups in total. The molecular weight excluding hydrogens is 188 g/mol. The van der Waals surface area contributed by atoms with Gasteiger partial charge in [-0.3, -0.25) is 0 Å². The number of likely N-dealkylation sites (N-methyl/N-ethyl adjacent to an activating group) is 1. The van der Waals surface area contributed by atoms with E-state index in [9.17, 15) is 0 Å². The molecule has 4 nitrogen and oxygen atoms in total. The van der Waals surface area contributed by atoms with E-state index >= 15 is 0 Å². The van der Waals surface area contributed by atoms with Gasteiger partial charge >= 0.3 is 0 Å². The van der Waals surface area contributed by atoms with Crippen molar-refractivity contribution in [3.8, 4) is 0 Å². The van der Waals surface area contributed by atoms with Gasteiger partial charge in [-0.1, -0.05) is 0 Å². The van der Waals surface area contributed by atoms with E-state index in [4.69, 9.17) is 5.73 Å². The minimum Gasteiger partial charge on any atom is -0.343 e. The minimum atomic E-state index is 0.636. The average Bonchev–Trinajstić information content (AvgIpc) is 2.29. The Hall–Kier alpha value is -1.16. The van der Waals surface area contributed by atoms with Gasteiger partial charge in [-0.2, -0.15) is 0 Å². The average molecular weight is 206 g/mol. The number of aryl methyl sites for hydroxylation is 2. The molecule has 2 rings (SSSR count). The first kappa shape index (κ1) is 10.4. The second-order valence-electron chi connectivity index (χ2n) is 4.06. The summed E-state index contributed by atoms with van der Waals surface area (Å²) < 4.78 is 0. The van der Waals surface area contributed by atoms with Crippen LogP contribution in [0.25, 0.3) is 0 Å². The Balaban J connectivity index is 2.20. The van der Waals surface area contributed by atoms with E-state index in [2.05, 4.69) is 9.97 Å². The second-order valence-corrected chi connectivity index (χ2v) is 4.06. The van der Waals surface area contributed by atoms with Gasteiger partial charge in [-0.05, 0) is 31.2 Å². The number of nitrogens with zero attached hydrogens (tertiary/aromatic N) is 3. The lowest BCUT2D eigenvalue weighted by molar-refractivity contribution is 0.659. The van der Waals surface area contributed by atoms with Crippen LogP contribution in [0.15, 0.2) is 6.20 Å². The topological polar surface area (TPSA) is 55.0 Å². The summed E-state index contributed by atoms with van der Waals surface area (Å²) >= 11 is 0. The molecule has 1 aliphatic carbocycles. The Bertz CT molecular complexity index is 337. The minimum absolute atomic E-state index is 0.636. The van der Waals surface area contributed by atoms with E-state index in [1.807, 2.05) is 18.1 Å². The number of fused-ring (bicyclic) bond motifs is 1. The van der Waals surface area contributed by atoms with Crippen molar-refractivity contribution in [3.05, 3.63) is 17.5 Å². The summed E-state index contributed by atoms with van der Waals surface area (Å²) in [5, 5.41) is 0. The monoisotopic (exact) mass is 206 g/mol. The number of nitrogens with two attached hydrogens (primary N) is 1. The van der Waals surface area contributed by atoms with Gasteiger partial charge in [0, 0.05) is 32.0 Å². The number of hydrogen-bond donors (Lipinski definition) is 1. The SMILES string of the molecule is CN(CCN)c1ncc2c(n1)CCCC2. The first-order chi connectivity index (χ1) is 7.31. The van der Waals surface area contributed by atoms with Crippen molar-refractivity contribution in [3.63, 3.8) is 0 Å². The summed E-state index contributed by atoms with van der Waals surface area (Å²) in [6, 6.07) is 0. The van der Waals surface area contributed by atoms with Crippen LogP contribution in [0.1, 0.15) is 24.1 Å². The fraction of sp³-hybridized carbons (Fsp3) is 0.636. The van der Waals surface area contributed by atoms with Gasteiger partial charge in [0.05, 0.1) is 0 Å². The molecule has 15 heavy (non-hydrogen) atoms. The predicted octanol–water partition coefficient (Wildman–Crippen LogP) is 0.750. The normalized spacial score (nSPS) is 14.8. The molecule has 0 aromatic carbocycles. The van der Waals surface area contributed by atoms with Crippen LogP contribution in [0.4, 0.5) is 5.95 Å². The zero-order valence-electron chi connectivity index (χ0n) is 9.24. The molecule has 4 heteroatoms. The Kier molecular flexibility index (Phi) is 3.16. The number of anilines is 1. The van der Waals surface area contributed by atoms with E-state index in [1.54, 1.807) is 0 Å². The van der Waals surface area contributed by atoms with Gasteiger partial charge < -0.3 is 10.6 Å². The Morgan fingerprint density at radius 1 is 1.40 bits per heavy atom. The van der Waals surface area contributed by atoms with Crippen molar-refractivity contribution in [1.29, 1.82) is 0 Å². The molecule has 0 bridgehead atoms. The first-order valence-corrected chi connectivity index (χ1v) is 5.57. The summed E-state index contributed by atoms with van der Waals surface area (Å²) in [6.45, 7) is 1.44. The van der Waals surface area contributed by atoms with E-state index in [0.29, 0.717) is 6.54 Å². The molecule has 0 radical (unpaired) electrons. The highest BCUT2D eigenvalue weighted by Gasteiger charge is 2.13. The van der Waals surface area contributed by atoms with E-state index in [-0.39, 0.29) is 0 Å². The Morgan fingerprint density at radius 3 is 3.00 bits per heavy atom. The van der Waals surface area contributed by atoms with Gasteiger partial charge in [-0.15, -0.1) is 0 Å². The molecule has 82 valence electrons. The highest BCUT2D eigenvalue weighted by Crippen LogP contribution is 2.20. The summed E-state index contributed by atoms with van der Waals surface area (Å²) in [5.41, 5.74) is 8.06. The first-order valence-electron chi connectivity index (χ1n) is 5.57. The maximum absolute atomic E-state index is 5.51. The molecule has 0 spiro atoms. The van der Waals surface area contributed by atoms with E-state index in [0.717, 1.165) is 25.3 Å². The molecule has 1 aliphatic rings. The van der Waals surface area contributed by atoms with Gasteiger partial charge in [0.25, 0.3) is 0 Å². The highest BCUT2D eigenvalue weighted by atomic mass is 15.2. The van der Waals surface area contributed by atoms with Crippen molar-refractivity contribution in [2.24, 2.45) is 5.73 Å². The molecule has 0 fully saturated rings. The quantitative estimate of drug-likeness (QED) is 0.793. The molecule has 1 aromatic rings. The largest absolute Gasteiger partial charge is 0.343 e. The third-order valence-electron chi connectivity index (χ3n) is 2.86. The fourth-order valence-electron chi connectivity index (χ4n) is 1.94. The fourth-order valence-corrected chi connectivity index (χ4v) is 1.94. The molecule has 0 atom stereocenters. The summed E-state index contributed by atoms with van der Waals surface area (Å²) in [7, 11) is 1.98. The zero-order valence-corrected chi connectivity index (χ0v) is 9.24.